The Kier molecular flexibility index (Phi) is 5.80. The topological polar surface area (TPSA) is 79.6 Å². The molecule has 0 spiro atoms. The fraction of sp³-hybridized carbons (Fsp3) is 0.300. The Morgan fingerprint density at radius 1 is 1.19 bits per heavy atom. The lowest BCUT2D eigenvalue weighted by atomic mass is 10.2. The lowest BCUT2D eigenvalue weighted by Crippen LogP contribution is -2.29. The molecule has 3 aromatic rings. The van der Waals surface area contributed by atoms with Gasteiger partial charge in [-0.25, -0.2) is 4.98 Å². The Hall–Kier alpha value is -3.22. The zero-order valence-corrected chi connectivity index (χ0v) is 15.6. The van der Waals surface area contributed by atoms with Crippen LogP contribution in [-0.4, -0.2) is 44.7 Å². The van der Waals surface area contributed by atoms with E-state index in [0.717, 1.165) is 18.4 Å². The molecule has 3 aromatic heterocycles. The summed E-state index contributed by atoms with van der Waals surface area (Å²) in [5.74, 6) is -0.262. The van der Waals surface area contributed by atoms with E-state index in [4.69, 9.17) is 0 Å². The Balaban J connectivity index is 1.85. The molecular formula is C20H23N5O2. The van der Waals surface area contributed by atoms with Crippen LogP contribution in [0.15, 0.2) is 48.9 Å². The predicted molar refractivity (Wildman–Crippen MR) is 102 cm³/mol. The molecule has 0 aliphatic heterocycles. The first kappa shape index (κ1) is 18.6. The second-order valence-electron chi connectivity index (χ2n) is 6.36. The molecule has 7 nitrogen and oxygen atoms in total. The van der Waals surface area contributed by atoms with Gasteiger partial charge in [0.15, 0.2) is 5.69 Å². The number of nitrogens with zero attached hydrogens (tertiary/aromatic N) is 4. The third-order valence-electron chi connectivity index (χ3n) is 4.35. The van der Waals surface area contributed by atoms with E-state index in [1.807, 2.05) is 24.3 Å². The zero-order chi connectivity index (χ0) is 19.2. The van der Waals surface area contributed by atoms with E-state index >= 15 is 0 Å². The summed E-state index contributed by atoms with van der Waals surface area (Å²) in [4.78, 5) is 35.4. The van der Waals surface area contributed by atoms with E-state index in [1.54, 1.807) is 41.0 Å². The van der Waals surface area contributed by atoms with Crippen molar-refractivity contribution in [1.82, 2.24) is 24.6 Å². The average Bonchev–Trinajstić information content (AvgIpc) is 3.10. The summed E-state index contributed by atoms with van der Waals surface area (Å²) in [6.45, 7) is 3.10. The highest BCUT2D eigenvalue weighted by atomic mass is 16.2. The normalized spacial score (nSPS) is 10.7. The van der Waals surface area contributed by atoms with Crippen LogP contribution in [0.1, 0.15) is 46.4 Å². The van der Waals surface area contributed by atoms with Crippen LogP contribution in [0.25, 0.3) is 5.52 Å². The molecule has 2 amide bonds. The van der Waals surface area contributed by atoms with E-state index in [2.05, 4.69) is 22.2 Å². The molecule has 0 aliphatic rings. The standard InChI is InChI=1S/C20H23N5O2/c1-3-4-12-24(2)20(27)18-23-17(16-7-5-6-13-25(16)18)19(26)22-14-15-8-10-21-11-9-15/h5-11,13H,3-4,12,14H2,1-2H3,(H,22,26). The molecule has 3 rings (SSSR count). The molecule has 0 bridgehead atoms. The van der Waals surface area contributed by atoms with Crippen molar-refractivity contribution in [3.63, 3.8) is 0 Å². The van der Waals surface area contributed by atoms with Crippen molar-refractivity contribution in [2.45, 2.75) is 26.3 Å². The van der Waals surface area contributed by atoms with Crippen molar-refractivity contribution in [3.8, 4) is 0 Å². The van der Waals surface area contributed by atoms with Crippen LogP contribution in [0.4, 0.5) is 0 Å². The lowest BCUT2D eigenvalue weighted by molar-refractivity contribution is 0.0780. The Labute approximate surface area is 158 Å². The maximum Gasteiger partial charge on any atom is 0.289 e. The summed E-state index contributed by atoms with van der Waals surface area (Å²) in [5.41, 5.74) is 1.80. The quantitative estimate of drug-likeness (QED) is 0.698. The van der Waals surface area contributed by atoms with E-state index in [1.165, 1.54) is 0 Å². The first-order valence-electron chi connectivity index (χ1n) is 9.01. The SMILES string of the molecule is CCCCN(C)C(=O)c1nc(C(=O)NCc2ccncc2)c2ccccn12. The Morgan fingerprint density at radius 2 is 1.96 bits per heavy atom. The summed E-state index contributed by atoms with van der Waals surface area (Å²) < 4.78 is 1.67. The Bertz CT molecular complexity index is 936. The van der Waals surface area contributed by atoms with Gasteiger partial charge in [0.2, 0.25) is 5.82 Å². The number of nitrogens with one attached hydrogen (secondary N) is 1. The van der Waals surface area contributed by atoms with Crippen LogP contribution in [0, 0.1) is 0 Å². The van der Waals surface area contributed by atoms with Crippen LogP contribution >= 0.6 is 0 Å². The second kappa shape index (κ2) is 8.44. The highest BCUT2D eigenvalue weighted by Crippen LogP contribution is 2.15. The third kappa shape index (κ3) is 4.13. The minimum Gasteiger partial charge on any atom is -0.347 e. The minimum absolute atomic E-state index is 0.196. The first-order chi connectivity index (χ1) is 13.1. The number of pyridine rings is 2. The molecular weight excluding hydrogens is 342 g/mol. The molecule has 140 valence electrons. The van der Waals surface area contributed by atoms with Crippen LogP contribution in [0.5, 0.6) is 0 Å². The molecule has 0 fully saturated rings. The maximum absolute atomic E-state index is 12.8. The van der Waals surface area contributed by atoms with Gasteiger partial charge in [0.25, 0.3) is 11.8 Å². The summed E-state index contributed by atoms with van der Waals surface area (Å²) in [7, 11) is 1.76. The van der Waals surface area contributed by atoms with E-state index in [9.17, 15) is 9.59 Å². The third-order valence-corrected chi connectivity index (χ3v) is 4.35. The fourth-order valence-corrected chi connectivity index (χ4v) is 2.79. The first-order valence-corrected chi connectivity index (χ1v) is 9.01. The van der Waals surface area contributed by atoms with Gasteiger partial charge < -0.3 is 10.2 Å². The number of amides is 2. The molecule has 0 saturated heterocycles. The highest BCUT2D eigenvalue weighted by Gasteiger charge is 2.23. The van der Waals surface area contributed by atoms with Gasteiger partial charge in [-0.2, -0.15) is 0 Å². The average molecular weight is 365 g/mol. The van der Waals surface area contributed by atoms with Gasteiger partial charge in [-0.05, 0) is 36.2 Å². The summed E-state index contributed by atoms with van der Waals surface area (Å²) in [5, 5.41) is 2.86. The monoisotopic (exact) mass is 365 g/mol. The molecule has 27 heavy (non-hydrogen) atoms. The van der Waals surface area contributed by atoms with Crippen molar-refractivity contribution < 1.29 is 9.59 Å². The van der Waals surface area contributed by atoms with Crippen LogP contribution < -0.4 is 5.32 Å². The van der Waals surface area contributed by atoms with Gasteiger partial charge in [-0.3, -0.25) is 19.0 Å². The molecule has 0 radical (unpaired) electrons. The van der Waals surface area contributed by atoms with Crippen molar-refractivity contribution in [2.24, 2.45) is 0 Å². The number of carbonyl (C=O) groups excluding carboxylic acids is 2. The number of hydrogen-bond acceptors (Lipinski definition) is 4. The smallest absolute Gasteiger partial charge is 0.289 e. The van der Waals surface area contributed by atoms with E-state index in [0.29, 0.717) is 18.6 Å². The van der Waals surface area contributed by atoms with E-state index in [-0.39, 0.29) is 23.3 Å². The fourth-order valence-electron chi connectivity index (χ4n) is 2.79. The zero-order valence-electron chi connectivity index (χ0n) is 15.6. The molecule has 0 unspecified atom stereocenters. The van der Waals surface area contributed by atoms with Crippen LogP contribution in [-0.2, 0) is 6.54 Å². The van der Waals surface area contributed by atoms with Gasteiger partial charge in [0.05, 0.1) is 5.52 Å². The molecule has 7 heteroatoms. The van der Waals surface area contributed by atoms with Gasteiger partial charge in [0, 0.05) is 38.7 Å². The van der Waals surface area contributed by atoms with Gasteiger partial charge in [-0.15, -0.1) is 0 Å². The number of fused-ring (bicyclic) bond motifs is 1. The van der Waals surface area contributed by atoms with Gasteiger partial charge >= 0.3 is 0 Å². The number of carbonyl (C=O) groups is 2. The summed E-state index contributed by atoms with van der Waals surface area (Å²) in [6.07, 6.45) is 7.03. The summed E-state index contributed by atoms with van der Waals surface area (Å²) in [6, 6.07) is 9.10. The number of aromatic nitrogens is 3. The number of unbranched alkanes of at least 4 members (excludes halogenated alkanes) is 1. The van der Waals surface area contributed by atoms with Crippen LogP contribution in [0.2, 0.25) is 0 Å². The van der Waals surface area contributed by atoms with Crippen molar-refractivity contribution in [1.29, 1.82) is 0 Å². The Morgan fingerprint density at radius 3 is 2.70 bits per heavy atom. The van der Waals surface area contributed by atoms with Gasteiger partial charge in [0.1, 0.15) is 0 Å². The molecule has 0 saturated carbocycles. The molecule has 1 N–H and O–H groups in total. The minimum atomic E-state index is -0.314. The van der Waals surface area contributed by atoms with Crippen LogP contribution in [0.3, 0.4) is 0 Å². The number of hydrogen-bond donors (Lipinski definition) is 1. The molecule has 0 aromatic carbocycles. The highest BCUT2D eigenvalue weighted by molar-refractivity contribution is 6.02. The molecule has 0 atom stereocenters. The van der Waals surface area contributed by atoms with Crippen molar-refractivity contribution in [3.05, 3.63) is 66.0 Å². The molecule has 3 heterocycles. The van der Waals surface area contributed by atoms with Crippen molar-refractivity contribution in [2.75, 3.05) is 13.6 Å². The van der Waals surface area contributed by atoms with E-state index < -0.39 is 0 Å². The second-order valence-corrected chi connectivity index (χ2v) is 6.36. The lowest BCUT2D eigenvalue weighted by Gasteiger charge is -2.15. The molecule has 0 aliphatic carbocycles. The maximum atomic E-state index is 12.8. The largest absolute Gasteiger partial charge is 0.347 e. The number of rotatable bonds is 7. The summed E-state index contributed by atoms with van der Waals surface area (Å²) >= 11 is 0. The van der Waals surface area contributed by atoms with Gasteiger partial charge in [-0.1, -0.05) is 19.4 Å². The number of imidazole rings is 1. The predicted octanol–water partition coefficient (Wildman–Crippen LogP) is 2.53. The van der Waals surface area contributed by atoms with Crippen molar-refractivity contribution >= 4 is 17.3 Å².